The number of hydrazine groups is 1. The van der Waals surface area contributed by atoms with Crippen molar-refractivity contribution >= 4 is 0 Å². The van der Waals surface area contributed by atoms with Gasteiger partial charge in [-0.1, -0.05) is 6.92 Å². The monoisotopic (exact) mass is 190 g/mol. The van der Waals surface area contributed by atoms with Crippen LogP contribution in [-0.4, -0.2) is 34.8 Å². The Hall–Kier alpha value is -1.04. The van der Waals surface area contributed by atoms with Gasteiger partial charge in [-0.05, 0) is 25.8 Å². The summed E-state index contributed by atoms with van der Waals surface area (Å²) in [7, 11) is 0. The fourth-order valence-corrected chi connectivity index (χ4v) is 1.04. The first-order valence-electron chi connectivity index (χ1n) is 4.53. The maximum absolute atomic E-state index is 10.9. The van der Waals surface area contributed by atoms with E-state index in [-0.39, 0.29) is 4.97 Å². The van der Waals surface area contributed by atoms with Gasteiger partial charge in [0, 0.05) is 0 Å². The molecule has 6 heteroatoms. The summed E-state index contributed by atoms with van der Waals surface area (Å²) in [6.45, 7) is 3.76. The standard InChI is InChI=1S/C7H18N4O2/c1-2-6-10(11(13)9-12)7-4-3-5-8/h12H,2-8H2,1H3. The van der Waals surface area contributed by atoms with E-state index in [0.29, 0.717) is 19.6 Å². The maximum Gasteiger partial charge on any atom is 0.230 e. The van der Waals surface area contributed by atoms with Crippen LogP contribution < -0.4 is 5.73 Å². The quantitative estimate of drug-likeness (QED) is 0.268. The highest BCUT2D eigenvalue weighted by Gasteiger charge is 2.10. The zero-order valence-electron chi connectivity index (χ0n) is 8.02. The molecule has 0 aromatic rings. The Kier molecular flexibility index (Phi) is 6.99. The van der Waals surface area contributed by atoms with Crippen molar-refractivity contribution in [1.82, 2.24) is 5.01 Å². The first kappa shape index (κ1) is 12.0. The Bertz CT molecular complexity index is 151. The number of nitrogens with two attached hydrogens (primary N) is 1. The molecule has 0 unspecified atom stereocenters. The van der Waals surface area contributed by atoms with Crippen molar-refractivity contribution in [2.24, 2.45) is 11.0 Å². The van der Waals surface area contributed by atoms with Crippen molar-refractivity contribution in [1.29, 1.82) is 0 Å². The summed E-state index contributed by atoms with van der Waals surface area (Å²) >= 11 is 0. The van der Waals surface area contributed by atoms with E-state index in [1.54, 1.807) is 0 Å². The zero-order valence-corrected chi connectivity index (χ0v) is 8.02. The zero-order chi connectivity index (χ0) is 10.1. The normalized spacial score (nSPS) is 11.7. The van der Waals surface area contributed by atoms with Crippen LogP contribution in [0.15, 0.2) is 5.28 Å². The summed E-state index contributed by atoms with van der Waals surface area (Å²) in [5, 5.41) is 23.1. The van der Waals surface area contributed by atoms with Crippen LogP contribution >= 0.6 is 0 Å². The number of hydrogen-bond acceptors (Lipinski definition) is 3. The molecule has 0 saturated heterocycles. The molecular weight excluding hydrogens is 172 g/mol. The van der Waals surface area contributed by atoms with Crippen LogP contribution in [-0.2, 0) is 0 Å². The Labute approximate surface area is 78.2 Å². The van der Waals surface area contributed by atoms with E-state index in [9.17, 15) is 5.21 Å². The molecule has 0 atom stereocenters. The van der Waals surface area contributed by atoms with Crippen molar-refractivity contribution in [3.8, 4) is 0 Å². The van der Waals surface area contributed by atoms with E-state index in [0.717, 1.165) is 19.3 Å². The lowest BCUT2D eigenvalue weighted by Crippen LogP contribution is -2.32. The largest absolute Gasteiger partial charge is 0.569 e. The summed E-state index contributed by atoms with van der Waals surface area (Å²) in [6, 6.07) is 0. The molecule has 0 spiro atoms. The Morgan fingerprint density at radius 3 is 2.62 bits per heavy atom. The van der Waals surface area contributed by atoms with Gasteiger partial charge in [-0.2, -0.15) is 0 Å². The van der Waals surface area contributed by atoms with Crippen molar-refractivity contribution in [2.45, 2.75) is 26.2 Å². The van der Waals surface area contributed by atoms with Crippen molar-refractivity contribution in [3.63, 3.8) is 0 Å². The molecule has 3 N–H and O–H groups in total. The molecule has 6 nitrogen and oxygen atoms in total. The third-order valence-electron chi connectivity index (χ3n) is 1.67. The topological polar surface area (TPSA) is 87.9 Å². The molecule has 0 fully saturated rings. The highest BCUT2D eigenvalue weighted by atomic mass is 16.6. The lowest BCUT2D eigenvalue weighted by molar-refractivity contribution is -0.709. The van der Waals surface area contributed by atoms with Crippen molar-refractivity contribution in [3.05, 3.63) is 5.21 Å². The van der Waals surface area contributed by atoms with Gasteiger partial charge in [-0.3, -0.25) is 0 Å². The van der Waals surface area contributed by atoms with Crippen LogP contribution in [0.2, 0.25) is 0 Å². The van der Waals surface area contributed by atoms with Gasteiger partial charge in [0.05, 0.1) is 18.1 Å². The summed E-state index contributed by atoms with van der Waals surface area (Å²) in [4.78, 5) is 0.222. The molecule has 0 aromatic heterocycles. The molecule has 0 aliphatic carbocycles. The molecule has 0 amide bonds. The minimum atomic E-state index is 0.222. The van der Waals surface area contributed by atoms with Gasteiger partial charge in [0.1, 0.15) is 0 Å². The van der Waals surface area contributed by atoms with Crippen LogP contribution in [0, 0.1) is 5.21 Å². The average molecular weight is 190 g/mol. The first-order chi connectivity index (χ1) is 6.26. The van der Waals surface area contributed by atoms with E-state index in [4.69, 9.17) is 10.9 Å². The summed E-state index contributed by atoms with van der Waals surface area (Å²) in [5.74, 6) is 0. The van der Waals surface area contributed by atoms with Crippen molar-refractivity contribution in [2.75, 3.05) is 19.6 Å². The Morgan fingerprint density at radius 2 is 2.15 bits per heavy atom. The predicted molar refractivity (Wildman–Crippen MR) is 48.0 cm³/mol. The smallest absolute Gasteiger partial charge is 0.230 e. The second-order valence-corrected chi connectivity index (χ2v) is 2.79. The fourth-order valence-electron chi connectivity index (χ4n) is 1.04. The SMILES string of the molecule is CCCN(CCCCN)[N+]([O-])=NO. The van der Waals surface area contributed by atoms with E-state index >= 15 is 0 Å². The molecule has 0 aromatic carbocycles. The molecule has 0 rings (SSSR count). The lowest BCUT2D eigenvalue weighted by Gasteiger charge is -2.16. The number of unbranched alkanes of at least 4 members (excludes halogenated alkanes) is 1. The van der Waals surface area contributed by atoms with Gasteiger partial charge in [-0.25, -0.2) is 0 Å². The second kappa shape index (κ2) is 7.60. The van der Waals surface area contributed by atoms with E-state index in [1.165, 1.54) is 5.01 Å². The molecule has 78 valence electrons. The lowest BCUT2D eigenvalue weighted by atomic mass is 10.3. The van der Waals surface area contributed by atoms with E-state index < -0.39 is 0 Å². The third kappa shape index (κ3) is 5.24. The van der Waals surface area contributed by atoms with Crippen LogP contribution in [0.25, 0.3) is 0 Å². The second-order valence-electron chi connectivity index (χ2n) is 2.79. The third-order valence-corrected chi connectivity index (χ3v) is 1.67. The molecule has 13 heavy (non-hydrogen) atoms. The van der Waals surface area contributed by atoms with Crippen LogP contribution in [0.4, 0.5) is 0 Å². The molecule has 0 aliphatic rings. The fraction of sp³-hybridized carbons (Fsp3) is 1.00. The van der Waals surface area contributed by atoms with E-state index in [1.807, 2.05) is 6.92 Å². The minimum absolute atomic E-state index is 0.222. The van der Waals surface area contributed by atoms with E-state index in [2.05, 4.69) is 5.28 Å². The molecule has 0 radical (unpaired) electrons. The highest BCUT2D eigenvalue weighted by molar-refractivity contribution is 4.46. The number of rotatable bonds is 7. The Balaban J connectivity index is 3.80. The van der Waals surface area contributed by atoms with Gasteiger partial charge in [0.2, 0.25) is 5.28 Å². The van der Waals surface area contributed by atoms with Gasteiger partial charge in [0.25, 0.3) is 0 Å². The highest BCUT2D eigenvalue weighted by Crippen LogP contribution is 1.97. The van der Waals surface area contributed by atoms with Gasteiger partial charge >= 0.3 is 0 Å². The van der Waals surface area contributed by atoms with Crippen LogP contribution in [0.1, 0.15) is 26.2 Å². The number of hydrogen-bond donors (Lipinski definition) is 2. The summed E-state index contributed by atoms with van der Waals surface area (Å²) in [5.41, 5.74) is 5.31. The molecular formula is C7H18N4O2. The molecule has 0 aliphatic heterocycles. The van der Waals surface area contributed by atoms with Gasteiger partial charge in [-0.15, -0.1) is 5.01 Å². The molecule has 0 saturated carbocycles. The maximum atomic E-state index is 10.9. The van der Waals surface area contributed by atoms with Crippen molar-refractivity contribution < 1.29 is 10.2 Å². The summed E-state index contributed by atoms with van der Waals surface area (Å²) < 4.78 is 0. The minimum Gasteiger partial charge on any atom is -0.569 e. The van der Waals surface area contributed by atoms with Gasteiger partial charge < -0.3 is 16.1 Å². The molecule has 0 bridgehead atoms. The van der Waals surface area contributed by atoms with Crippen LogP contribution in [0.3, 0.4) is 0 Å². The Morgan fingerprint density at radius 1 is 1.46 bits per heavy atom. The molecule has 0 heterocycles. The first-order valence-corrected chi connectivity index (χ1v) is 4.53. The predicted octanol–water partition coefficient (Wildman–Crippen LogP) is 0.704. The summed E-state index contributed by atoms with van der Waals surface area (Å²) in [6.07, 6.45) is 2.56. The van der Waals surface area contributed by atoms with Gasteiger partial charge in [0.15, 0.2) is 0 Å². The number of nitrogens with zero attached hydrogens (tertiary/aromatic N) is 3. The average Bonchev–Trinajstić information content (AvgIpc) is 2.16. The van der Waals surface area contributed by atoms with Crippen LogP contribution in [0.5, 0.6) is 0 Å².